The van der Waals surface area contributed by atoms with Crippen LogP contribution in [-0.2, 0) is 4.43 Å². The van der Waals surface area contributed by atoms with E-state index in [0.29, 0.717) is 6.61 Å². The fourth-order valence-corrected chi connectivity index (χ4v) is 5.91. The van der Waals surface area contributed by atoms with Crippen molar-refractivity contribution < 1.29 is 9.53 Å². The van der Waals surface area contributed by atoms with E-state index in [9.17, 15) is 5.11 Å². The highest BCUT2D eigenvalue weighted by atomic mass is 33.1. The molecule has 158 valence electrons. The molecule has 2 aliphatic rings. The molecule has 10 heteroatoms. The van der Waals surface area contributed by atoms with Crippen molar-refractivity contribution in [3.8, 4) is 5.75 Å². The number of amidine groups is 1. The van der Waals surface area contributed by atoms with Gasteiger partial charge in [0.25, 0.3) is 0 Å². The molecule has 3 rings (SSSR count). The van der Waals surface area contributed by atoms with E-state index in [1.165, 1.54) is 16.9 Å². The van der Waals surface area contributed by atoms with Crippen molar-refractivity contribution in [1.29, 1.82) is 0 Å². The Morgan fingerprint density at radius 1 is 1.17 bits per heavy atom. The van der Waals surface area contributed by atoms with E-state index in [-0.39, 0.29) is 10.8 Å². The molecule has 0 amide bonds. The highest BCUT2D eigenvalue weighted by molar-refractivity contribution is 8.79. The lowest BCUT2D eigenvalue weighted by Crippen LogP contribution is -2.41. The predicted molar refractivity (Wildman–Crippen MR) is 131 cm³/mol. The molecule has 0 spiro atoms. The number of hydrogen-bond donors (Lipinski definition) is 2. The monoisotopic (exact) mass is 468 g/mol. The fourth-order valence-electron chi connectivity index (χ4n) is 2.35. The smallest absolute Gasteiger partial charge is 0.192 e. The van der Waals surface area contributed by atoms with Crippen molar-refractivity contribution in [2.75, 3.05) is 17.9 Å². The number of hydrazine groups is 2. The number of phenols is 1. The lowest BCUT2D eigenvalue weighted by Gasteiger charge is -2.36. The summed E-state index contributed by atoms with van der Waals surface area (Å²) in [5.74, 6) is 1.06. The molecule has 0 aromatic heterocycles. The van der Waals surface area contributed by atoms with Gasteiger partial charge in [-0.25, -0.2) is 10.5 Å². The van der Waals surface area contributed by atoms with Crippen molar-refractivity contribution >= 4 is 53.4 Å². The number of rotatable bonds is 6. The number of nitrogens with one attached hydrogen (secondary N) is 1. The van der Waals surface area contributed by atoms with Gasteiger partial charge in [0.1, 0.15) is 5.75 Å². The maximum atomic E-state index is 9.61. The second-order valence-electron chi connectivity index (χ2n) is 8.20. The average molecular weight is 469 g/mol. The number of hydrogen-bond acceptors (Lipinski definition) is 9. The molecule has 0 saturated carbocycles. The van der Waals surface area contributed by atoms with Crippen LogP contribution in [0.25, 0.3) is 0 Å². The topological polar surface area (TPSA) is 60.3 Å². The van der Waals surface area contributed by atoms with E-state index < -0.39 is 8.32 Å². The van der Waals surface area contributed by atoms with E-state index >= 15 is 0 Å². The maximum absolute atomic E-state index is 9.61. The number of hydrazone groups is 1. The van der Waals surface area contributed by atoms with Gasteiger partial charge in [-0.3, -0.25) is 0 Å². The lowest BCUT2D eigenvalue weighted by molar-refractivity contribution is 0.325. The first kappa shape index (κ1) is 22.6. The summed E-state index contributed by atoms with van der Waals surface area (Å²) in [6.45, 7) is 12.0. The number of allylic oxidation sites excluding steroid dienone is 2. The molecule has 0 fully saturated rings. The van der Waals surface area contributed by atoms with Gasteiger partial charge < -0.3 is 9.53 Å². The summed E-state index contributed by atoms with van der Waals surface area (Å²) in [5.41, 5.74) is 3.95. The summed E-state index contributed by atoms with van der Waals surface area (Å²) in [5, 5.41) is 16.3. The van der Waals surface area contributed by atoms with Crippen LogP contribution >= 0.6 is 33.5 Å². The highest BCUT2D eigenvalue weighted by Crippen LogP contribution is 2.44. The molecule has 0 aliphatic carbocycles. The Morgan fingerprint density at radius 3 is 2.41 bits per heavy atom. The van der Waals surface area contributed by atoms with Crippen molar-refractivity contribution in [2.45, 2.75) is 38.9 Å². The molecule has 0 bridgehead atoms. The van der Waals surface area contributed by atoms with E-state index in [0.717, 1.165) is 16.4 Å². The van der Waals surface area contributed by atoms with Crippen LogP contribution in [0.3, 0.4) is 0 Å². The molecule has 29 heavy (non-hydrogen) atoms. The average Bonchev–Trinajstić information content (AvgIpc) is 3.10. The molecule has 6 nitrogen and oxygen atoms in total. The van der Waals surface area contributed by atoms with Crippen LogP contribution in [0.5, 0.6) is 5.75 Å². The molecule has 0 saturated heterocycles. The van der Waals surface area contributed by atoms with Crippen LogP contribution in [-0.4, -0.2) is 36.6 Å². The van der Waals surface area contributed by atoms with Gasteiger partial charge in [0.2, 0.25) is 0 Å². The van der Waals surface area contributed by atoms with Crippen LogP contribution in [0.2, 0.25) is 18.1 Å². The van der Waals surface area contributed by atoms with Crippen LogP contribution in [0, 0.1) is 0 Å². The van der Waals surface area contributed by atoms with Crippen LogP contribution < -0.4 is 10.5 Å². The summed E-state index contributed by atoms with van der Waals surface area (Å²) >= 11 is 1.52. The Bertz CT molecular complexity index is 835. The molecule has 2 aliphatic heterocycles. The maximum Gasteiger partial charge on any atom is 0.192 e. The quantitative estimate of drug-likeness (QED) is 0.313. The van der Waals surface area contributed by atoms with Crippen LogP contribution in [0.1, 0.15) is 20.8 Å². The largest absolute Gasteiger partial charge is 0.508 e. The van der Waals surface area contributed by atoms with Crippen LogP contribution in [0.15, 0.2) is 51.3 Å². The minimum atomic E-state index is -1.76. The van der Waals surface area contributed by atoms with Crippen molar-refractivity contribution in [3.05, 3.63) is 46.2 Å². The first-order chi connectivity index (χ1) is 13.6. The summed E-state index contributed by atoms with van der Waals surface area (Å²) in [4.78, 5) is 2.27. The van der Waals surface area contributed by atoms with Gasteiger partial charge in [0.05, 0.1) is 17.2 Å². The van der Waals surface area contributed by atoms with Crippen LogP contribution in [0.4, 0.5) is 5.69 Å². The molecule has 2 heterocycles. The SMILES string of the molecule is CSN1NN=C(C2=CC=C(CO[Si](C)(C)C(C)(C)C)SS2)N1c1ccc(O)cc1. The van der Waals surface area contributed by atoms with Crippen molar-refractivity contribution in [1.82, 2.24) is 10.1 Å². The fraction of sp³-hybridized carbons (Fsp3) is 0.421. The molecule has 0 radical (unpaired) electrons. The Kier molecular flexibility index (Phi) is 7.01. The standard InChI is InChI=1S/C19H28N4O2S3Si/c1-19(2,3)29(5,6)25-13-16-11-12-17(28-27-16)18-20-21-23(26-4)22(18)14-7-9-15(24)10-8-14/h7-12,21,24H,13H2,1-6H3. The molecule has 1 aromatic carbocycles. The number of phenolic OH excluding ortho intramolecular Hbond substituents is 1. The van der Waals surface area contributed by atoms with E-state index in [2.05, 4.69) is 56.7 Å². The van der Waals surface area contributed by atoms with Gasteiger partial charge in [-0.1, -0.05) is 36.1 Å². The third-order valence-electron chi connectivity index (χ3n) is 5.15. The molecule has 0 atom stereocenters. The number of nitrogens with zero attached hydrogens (tertiary/aromatic N) is 3. The summed E-state index contributed by atoms with van der Waals surface area (Å²) in [6.07, 6.45) is 6.21. The van der Waals surface area contributed by atoms with Gasteiger partial charge in [-0.05, 0) is 77.3 Å². The summed E-state index contributed by atoms with van der Waals surface area (Å²) in [6, 6.07) is 7.10. The Labute approximate surface area is 186 Å². The highest BCUT2D eigenvalue weighted by Gasteiger charge is 2.37. The first-order valence-electron chi connectivity index (χ1n) is 9.29. The lowest BCUT2D eigenvalue weighted by atomic mass is 10.2. The molecule has 1 aromatic rings. The van der Waals surface area contributed by atoms with Gasteiger partial charge in [0, 0.05) is 11.2 Å². The molecule has 2 N–H and O–H groups in total. The Balaban J connectivity index is 1.74. The van der Waals surface area contributed by atoms with Gasteiger partial charge >= 0.3 is 0 Å². The Hall–Kier alpha value is -1.04. The molecular weight excluding hydrogens is 441 g/mol. The second kappa shape index (κ2) is 8.99. The first-order valence-corrected chi connectivity index (χ1v) is 15.5. The molecule has 0 unspecified atom stereocenters. The minimum absolute atomic E-state index is 0.206. The second-order valence-corrected chi connectivity index (χ2v) is 16.0. The number of aromatic hydroxyl groups is 1. The third kappa shape index (κ3) is 5.18. The zero-order valence-electron chi connectivity index (χ0n) is 17.6. The Morgan fingerprint density at radius 2 is 1.86 bits per heavy atom. The zero-order valence-corrected chi connectivity index (χ0v) is 21.0. The van der Waals surface area contributed by atoms with Crippen molar-refractivity contribution in [3.63, 3.8) is 0 Å². The summed E-state index contributed by atoms with van der Waals surface area (Å²) in [7, 11) is 1.65. The van der Waals surface area contributed by atoms with E-state index in [1.807, 2.05) is 27.9 Å². The van der Waals surface area contributed by atoms with Gasteiger partial charge in [-0.15, -0.1) is 5.10 Å². The predicted octanol–water partition coefficient (Wildman–Crippen LogP) is 5.71. The normalized spacial score (nSPS) is 18.3. The number of benzene rings is 1. The molecular formula is C19H28N4O2S3Si. The minimum Gasteiger partial charge on any atom is -0.508 e. The van der Waals surface area contributed by atoms with Gasteiger partial charge in [0.15, 0.2) is 14.2 Å². The number of anilines is 1. The van der Waals surface area contributed by atoms with E-state index in [4.69, 9.17) is 4.43 Å². The van der Waals surface area contributed by atoms with E-state index in [1.54, 1.807) is 33.7 Å². The van der Waals surface area contributed by atoms with Gasteiger partial charge in [-0.2, -0.15) is 0 Å². The zero-order chi connectivity index (χ0) is 21.2. The summed E-state index contributed by atoms with van der Waals surface area (Å²) < 4.78 is 8.20. The third-order valence-corrected chi connectivity index (χ3v) is 12.7. The van der Waals surface area contributed by atoms with Crippen molar-refractivity contribution in [2.24, 2.45) is 5.10 Å².